The molecule has 1 aliphatic heterocycles. The van der Waals surface area contributed by atoms with Gasteiger partial charge in [0.2, 0.25) is 12.7 Å². The molecule has 0 spiro atoms. The van der Waals surface area contributed by atoms with Crippen molar-refractivity contribution in [1.29, 1.82) is 0 Å². The van der Waals surface area contributed by atoms with Crippen LogP contribution in [0.5, 0.6) is 11.5 Å². The molecule has 5 heteroatoms. The SMILES string of the molecule is Cc1ccccc1[C@@H](CC(=O)Nc1ccc2c(c1)OCO2)n1cccc1. The minimum atomic E-state index is -0.0554. The number of aromatic nitrogens is 1. The van der Waals surface area contributed by atoms with E-state index in [9.17, 15) is 4.79 Å². The summed E-state index contributed by atoms with van der Waals surface area (Å²) in [5.41, 5.74) is 3.02. The summed E-state index contributed by atoms with van der Waals surface area (Å²) < 4.78 is 12.7. The maximum Gasteiger partial charge on any atom is 0.231 e. The molecule has 0 unspecified atom stereocenters. The number of carbonyl (C=O) groups is 1. The van der Waals surface area contributed by atoms with Gasteiger partial charge >= 0.3 is 0 Å². The Balaban J connectivity index is 1.54. The molecule has 1 amide bonds. The van der Waals surface area contributed by atoms with Gasteiger partial charge in [-0.25, -0.2) is 0 Å². The second-order valence-electron chi connectivity index (χ2n) is 6.32. The Bertz CT molecular complexity index is 919. The first-order valence-electron chi connectivity index (χ1n) is 8.58. The molecule has 2 heterocycles. The molecule has 0 saturated heterocycles. The molecule has 0 fully saturated rings. The number of fused-ring (bicyclic) bond motifs is 1. The third-order valence-corrected chi connectivity index (χ3v) is 4.57. The van der Waals surface area contributed by atoms with Gasteiger partial charge in [-0.05, 0) is 42.3 Å². The zero-order valence-corrected chi connectivity index (χ0v) is 14.5. The van der Waals surface area contributed by atoms with Crippen LogP contribution in [0.2, 0.25) is 0 Å². The molecule has 1 N–H and O–H groups in total. The van der Waals surface area contributed by atoms with Crippen LogP contribution in [-0.4, -0.2) is 17.3 Å². The van der Waals surface area contributed by atoms with Gasteiger partial charge in [0, 0.05) is 24.1 Å². The molecule has 4 rings (SSSR count). The molecule has 5 nitrogen and oxygen atoms in total. The van der Waals surface area contributed by atoms with Crippen molar-refractivity contribution in [3.8, 4) is 11.5 Å². The minimum Gasteiger partial charge on any atom is -0.454 e. The van der Waals surface area contributed by atoms with Crippen molar-refractivity contribution in [2.24, 2.45) is 0 Å². The first-order valence-corrected chi connectivity index (χ1v) is 8.58. The first kappa shape index (κ1) is 16.3. The zero-order chi connectivity index (χ0) is 17.9. The summed E-state index contributed by atoms with van der Waals surface area (Å²) in [5, 5.41) is 2.97. The summed E-state index contributed by atoms with van der Waals surface area (Å²) in [4.78, 5) is 12.7. The number of aryl methyl sites for hydroxylation is 1. The van der Waals surface area contributed by atoms with Crippen LogP contribution in [0.25, 0.3) is 0 Å². The molecule has 3 aromatic rings. The van der Waals surface area contributed by atoms with Crippen LogP contribution >= 0.6 is 0 Å². The molecular formula is C21H20N2O3. The first-order chi connectivity index (χ1) is 12.7. The van der Waals surface area contributed by atoms with Gasteiger partial charge in [0.05, 0.1) is 12.5 Å². The van der Waals surface area contributed by atoms with Gasteiger partial charge in [-0.1, -0.05) is 24.3 Å². The summed E-state index contributed by atoms with van der Waals surface area (Å²) >= 11 is 0. The number of nitrogens with one attached hydrogen (secondary N) is 1. The van der Waals surface area contributed by atoms with E-state index in [0.717, 1.165) is 5.56 Å². The van der Waals surface area contributed by atoms with E-state index in [4.69, 9.17) is 9.47 Å². The summed E-state index contributed by atoms with van der Waals surface area (Å²) in [5.74, 6) is 1.31. The smallest absolute Gasteiger partial charge is 0.231 e. The maximum atomic E-state index is 12.7. The van der Waals surface area contributed by atoms with E-state index in [2.05, 4.69) is 28.9 Å². The van der Waals surface area contributed by atoms with E-state index in [-0.39, 0.29) is 18.7 Å². The number of rotatable bonds is 5. The van der Waals surface area contributed by atoms with E-state index < -0.39 is 0 Å². The fourth-order valence-electron chi connectivity index (χ4n) is 3.25. The van der Waals surface area contributed by atoms with Crippen LogP contribution in [0.3, 0.4) is 0 Å². The Hall–Kier alpha value is -3.21. The topological polar surface area (TPSA) is 52.5 Å². The van der Waals surface area contributed by atoms with Gasteiger partial charge in [0.15, 0.2) is 11.5 Å². The van der Waals surface area contributed by atoms with E-state index in [1.165, 1.54) is 5.56 Å². The third-order valence-electron chi connectivity index (χ3n) is 4.57. The quantitative estimate of drug-likeness (QED) is 0.754. The van der Waals surface area contributed by atoms with Crippen molar-refractivity contribution in [3.05, 3.63) is 78.1 Å². The molecule has 0 aliphatic carbocycles. The third kappa shape index (κ3) is 3.28. The van der Waals surface area contributed by atoms with E-state index >= 15 is 0 Å². The largest absolute Gasteiger partial charge is 0.454 e. The number of hydrogen-bond donors (Lipinski definition) is 1. The van der Waals surface area contributed by atoms with Crippen LogP contribution in [0.15, 0.2) is 67.0 Å². The van der Waals surface area contributed by atoms with E-state index in [1.807, 2.05) is 48.8 Å². The maximum absolute atomic E-state index is 12.7. The van der Waals surface area contributed by atoms with Gasteiger partial charge in [-0.3, -0.25) is 4.79 Å². The fourth-order valence-corrected chi connectivity index (χ4v) is 3.25. The second-order valence-corrected chi connectivity index (χ2v) is 6.32. The van der Waals surface area contributed by atoms with Crippen molar-refractivity contribution in [2.45, 2.75) is 19.4 Å². The molecule has 1 atom stereocenters. The lowest BCUT2D eigenvalue weighted by molar-refractivity contribution is -0.116. The van der Waals surface area contributed by atoms with Crippen LogP contribution in [0, 0.1) is 6.92 Å². The number of amides is 1. The summed E-state index contributed by atoms with van der Waals surface area (Å²) in [6.45, 7) is 2.29. The lowest BCUT2D eigenvalue weighted by Crippen LogP contribution is -2.20. The van der Waals surface area contributed by atoms with Crippen LogP contribution in [-0.2, 0) is 4.79 Å². The fraction of sp³-hybridized carbons (Fsp3) is 0.190. The lowest BCUT2D eigenvalue weighted by atomic mass is 9.98. The normalized spacial score (nSPS) is 13.4. The predicted octanol–water partition coefficient (Wildman–Crippen LogP) is 4.14. The Morgan fingerprint density at radius 1 is 1.08 bits per heavy atom. The average molecular weight is 348 g/mol. The standard InChI is InChI=1S/C21H20N2O3/c1-15-6-2-3-7-17(15)18(23-10-4-5-11-23)13-21(24)22-16-8-9-19-20(12-16)26-14-25-19/h2-12,18H,13-14H2,1H3,(H,22,24)/t18-/m1/s1. The average Bonchev–Trinajstić information content (AvgIpc) is 3.32. The van der Waals surface area contributed by atoms with E-state index in [0.29, 0.717) is 23.6 Å². The highest BCUT2D eigenvalue weighted by Gasteiger charge is 2.20. The molecule has 1 aliphatic rings. The summed E-state index contributed by atoms with van der Waals surface area (Å²) in [6.07, 6.45) is 4.32. The highest BCUT2D eigenvalue weighted by atomic mass is 16.7. The number of ether oxygens (including phenoxy) is 2. The van der Waals surface area contributed by atoms with Crippen molar-refractivity contribution in [2.75, 3.05) is 12.1 Å². The molecular weight excluding hydrogens is 328 g/mol. The number of nitrogens with zero attached hydrogens (tertiary/aromatic N) is 1. The second kappa shape index (κ2) is 6.96. The lowest BCUT2D eigenvalue weighted by Gasteiger charge is -2.21. The Labute approximate surface area is 152 Å². The van der Waals surface area contributed by atoms with Gasteiger partial charge in [-0.15, -0.1) is 0 Å². The Morgan fingerprint density at radius 2 is 1.85 bits per heavy atom. The van der Waals surface area contributed by atoms with Crippen molar-refractivity contribution in [1.82, 2.24) is 4.57 Å². The van der Waals surface area contributed by atoms with Crippen molar-refractivity contribution < 1.29 is 14.3 Å². The molecule has 0 saturated carbocycles. The molecule has 0 bridgehead atoms. The van der Waals surface area contributed by atoms with Crippen LogP contribution in [0.4, 0.5) is 5.69 Å². The summed E-state index contributed by atoms with van der Waals surface area (Å²) in [7, 11) is 0. The highest BCUT2D eigenvalue weighted by Crippen LogP contribution is 2.34. The number of hydrogen-bond acceptors (Lipinski definition) is 3. The number of anilines is 1. The van der Waals surface area contributed by atoms with Gasteiger partial charge in [0.1, 0.15) is 0 Å². The molecule has 2 aromatic carbocycles. The highest BCUT2D eigenvalue weighted by molar-refractivity contribution is 5.91. The minimum absolute atomic E-state index is 0.0502. The zero-order valence-electron chi connectivity index (χ0n) is 14.5. The van der Waals surface area contributed by atoms with Crippen LogP contribution < -0.4 is 14.8 Å². The Morgan fingerprint density at radius 3 is 2.65 bits per heavy atom. The van der Waals surface area contributed by atoms with Crippen molar-refractivity contribution >= 4 is 11.6 Å². The van der Waals surface area contributed by atoms with E-state index in [1.54, 1.807) is 6.07 Å². The summed E-state index contributed by atoms with van der Waals surface area (Å²) in [6, 6.07) is 17.5. The van der Waals surface area contributed by atoms with Crippen LogP contribution in [0.1, 0.15) is 23.6 Å². The van der Waals surface area contributed by atoms with Crippen molar-refractivity contribution in [3.63, 3.8) is 0 Å². The molecule has 26 heavy (non-hydrogen) atoms. The van der Waals surface area contributed by atoms with Gasteiger partial charge in [-0.2, -0.15) is 0 Å². The monoisotopic (exact) mass is 348 g/mol. The van der Waals surface area contributed by atoms with Gasteiger partial charge in [0.25, 0.3) is 0 Å². The Kier molecular flexibility index (Phi) is 4.35. The molecule has 1 aromatic heterocycles. The molecule has 0 radical (unpaired) electrons. The number of benzene rings is 2. The molecule has 132 valence electrons. The predicted molar refractivity (Wildman–Crippen MR) is 99.6 cm³/mol. The van der Waals surface area contributed by atoms with Gasteiger partial charge < -0.3 is 19.4 Å². The number of carbonyl (C=O) groups excluding carboxylic acids is 1.